The molecule has 1 heterocycles. The van der Waals surface area contributed by atoms with Crippen molar-refractivity contribution >= 4 is 17.5 Å². The summed E-state index contributed by atoms with van der Waals surface area (Å²) in [5.74, 6) is -0.961. The van der Waals surface area contributed by atoms with Crippen LogP contribution in [0.2, 0.25) is 0 Å². The number of nitrogens with zero attached hydrogens (tertiary/aromatic N) is 3. The van der Waals surface area contributed by atoms with Crippen LogP contribution in [-0.4, -0.2) is 15.9 Å². The third kappa shape index (κ3) is 1.58. The summed E-state index contributed by atoms with van der Waals surface area (Å²) in [6.45, 7) is 0. The van der Waals surface area contributed by atoms with Gasteiger partial charge in [0, 0.05) is 12.4 Å². The van der Waals surface area contributed by atoms with Gasteiger partial charge in [-0.15, -0.1) is 0 Å². The fraction of sp³-hybridized carbons (Fsp3) is 0.143. The third-order valence-corrected chi connectivity index (χ3v) is 1.87. The standard InChI is InChI=1S/C7H5ClN4O/c8-7(4-9,6(10)13)5-3-11-1-2-12-5/h1-3H,(H2,10,13). The number of rotatable bonds is 2. The summed E-state index contributed by atoms with van der Waals surface area (Å²) in [7, 11) is 0. The van der Waals surface area contributed by atoms with Crippen molar-refractivity contribution in [2.24, 2.45) is 5.73 Å². The van der Waals surface area contributed by atoms with Crippen LogP contribution in [0.3, 0.4) is 0 Å². The highest BCUT2D eigenvalue weighted by atomic mass is 35.5. The molecule has 1 aromatic heterocycles. The van der Waals surface area contributed by atoms with Gasteiger partial charge in [0.25, 0.3) is 10.8 Å². The number of amides is 1. The monoisotopic (exact) mass is 196 g/mol. The molecule has 0 spiro atoms. The van der Waals surface area contributed by atoms with Gasteiger partial charge in [0.2, 0.25) is 0 Å². The van der Waals surface area contributed by atoms with Crippen LogP contribution in [-0.2, 0) is 9.67 Å². The highest BCUT2D eigenvalue weighted by Gasteiger charge is 2.38. The van der Waals surface area contributed by atoms with Gasteiger partial charge in [-0.2, -0.15) is 5.26 Å². The van der Waals surface area contributed by atoms with Crippen molar-refractivity contribution in [1.29, 1.82) is 5.26 Å². The molecule has 5 nitrogen and oxygen atoms in total. The summed E-state index contributed by atoms with van der Waals surface area (Å²) in [4.78, 5) is 16.3. The molecule has 13 heavy (non-hydrogen) atoms. The normalized spacial score (nSPS) is 14.2. The van der Waals surface area contributed by atoms with Crippen LogP contribution >= 0.6 is 11.6 Å². The van der Waals surface area contributed by atoms with E-state index in [1.807, 2.05) is 0 Å². The molecule has 0 radical (unpaired) electrons. The number of halogens is 1. The Kier molecular flexibility index (Phi) is 2.44. The number of nitrogens with two attached hydrogens (primary N) is 1. The van der Waals surface area contributed by atoms with E-state index in [4.69, 9.17) is 22.6 Å². The number of carbonyl (C=O) groups excluding carboxylic acids is 1. The second kappa shape index (κ2) is 3.37. The average molecular weight is 197 g/mol. The number of hydrogen-bond acceptors (Lipinski definition) is 4. The lowest BCUT2D eigenvalue weighted by molar-refractivity contribution is -0.119. The van der Waals surface area contributed by atoms with Crippen LogP contribution in [0.25, 0.3) is 0 Å². The van der Waals surface area contributed by atoms with Crippen LogP contribution in [0.5, 0.6) is 0 Å². The SMILES string of the molecule is N#CC(Cl)(C(N)=O)c1cnccn1. The molecule has 1 amide bonds. The summed E-state index contributed by atoms with van der Waals surface area (Å²) in [6.07, 6.45) is 3.95. The minimum Gasteiger partial charge on any atom is -0.367 e. The lowest BCUT2D eigenvalue weighted by atomic mass is 10.1. The maximum Gasteiger partial charge on any atom is 0.259 e. The first-order chi connectivity index (χ1) is 6.11. The number of aromatic nitrogens is 2. The highest BCUT2D eigenvalue weighted by Crippen LogP contribution is 2.24. The lowest BCUT2D eigenvalue weighted by Crippen LogP contribution is -2.35. The summed E-state index contributed by atoms with van der Waals surface area (Å²) >= 11 is 5.65. The van der Waals surface area contributed by atoms with Gasteiger partial charge in [0.05, 0.1) is 6.20 Å². The van der Waals surface area contributed by atoms with Crippen molar-refractivity contribution in [2.45, 2.75) is 4.87 Å². The molecule has 6 heteroatoms. The third-order valence-electron chi connectivity index (χ3n) is 1.41. The molecular formula is C7H5ClN4O. The van der Waals surface area contributed by atoms with E-state index in [1.165, 1.54) is 18.6 Å². The maximum atomic E-state index is 10.9. The summed E-state index contributed by atoms with van der Waals surface area (Å²) in [5.41, 5.74) is 4.99. The topological polar surface area (TPSA) is 92.7 Å². The fourth-order valence-corrected chi connectivity index (χ4v) is 0.813. The Morgan fingerprint density at radius 2 is 2.38 bits per heavy atom. The zero-order chi connectivity index (χ0) is 9.90. The molecule has 0 bridgehead atoms. The van der Waals surface area contributed by atoms with Gasteiger partial charge in [0.15, 0.2) is 0 Å². The molecular weight excluding hydrogens is 192 g/mol. The van der Waals surface area contributed by atoms with Gasteiger partial charge in [-0.1, -0.05) is 11.6 Å². The average Bonchev–Trinajstić information content (AvgIpc) is 2.17. The summed E-state index contributed by atoms with van der Waals surface area (Å²) < 4.78 is 0. The van der Waals surface area contributed by atoms with Crippen molar-refractivity contribution in [1.82, 2.24) is 9.97 Å². The summed E-state index contributed by atoms with van der Waals surface area (Å²) in [6, 6.07) is 1.58. The zero-order valence-electron chi connectivity index (χ0n) is 6.44. The Bertz CT molecular complexity index is 361. The van der Waals surface area contributed by atoms with E-state index >= 15 is 0 Å². The molecule has 0 aliphatic rings. The van der Waals surface area contributed by atoms with E-state index in [0.717, 1.165) is 0 Å². The number of alkyl halides is 1. The zero-order valence-corrected chi connectivity index (χ0v) is 7.19. The molecule has 0 aliphatic carbocycles. The molecule has 1 aromatic rings. The Morgan fingerprint density at radius 1 is 1.69 bits per heavy atom. The summed E-state index contributed by atoms with van der Waals surface area (Å²) in [5, 5.41) is 8.66. The van der Waals surface area contributed by atoms with Crippen molar-refractivity contribution in [3.63, 3.8) is 0 Å². The van der Waals surface area contributed by atoms with E-state index in [9.17, 15) is 4.79 Å². The van der Waals surface area contributed by atoms with E-state index < -0.39 is 10.8 Å². The molecule has 66 valence electrons. The molecule has 1 rings (SSSR count). The van der Waals surface area contributed by atoms with Crippen LogP contribution in [0.4, 0.5) is 0 Å². The van der Waals surface area contributed by atoms with Crippen molar-refractivity contribution in [3.8, 4) is 6.07 Å². The van der Waals surface area contributed by atoms with Crippen LogP contribution < -0.4 is 5.73 Å². The predicted octanol–water partition coefficient (Wildman–Crippen LogP) is -0.0804. The number of carbonyl (C=O) groups is 1. The molecule has 1 atom stereocenters. The lowest BCUT2D eigenvalue weighted by Gasteiger charge is -2.12. The molecule has 0 fully saturated rings. The molecule has 0 aliphatic heterocycles. The van der Waals surface area contributed by atoms with Gasteiger partial charge < -0.3 is 5.73 Å². The number of primary amides is 1. The Hall–Kier alpha value is -1.67. The number of hydrogen-bond donors (Lipinski definition) is 1. The molecule has 2 N–H and O–H groups in total. The van der Waals surface area contributed by atoms with Crippen LogP contribution in [0, 0.1) is 11.3 Å². The van der Waals surface area contributed by atoms with E-state index in [-0.39, 0.29) is 5.69 Å². The fourth-order valence-electron chi connectivity index (χ4n) is 0.716. The first-order valence-corrected chi connectivity index (χ1v) is 3.65. The Morgan fingerprint density at radius 3 is 2.77 bits per heavy atom. The van der Waals surface area contributed by atoms with Crippen LogP contribution in [0.15, 0.2) is 18.6 Å². The molecule has 0 saturated carbocycles. The highest BCUT2D eigenvalue weighted by molar-refractivity contribution is 6.36. The Balaban J connectivity index is 3.21. The smallest absolute Gasteiger partial charge is 0.259 e. The van der Waals surface area contributed by atoms with Gasteiger partial charge >= 0.3 is 0 Å². The second-order valence-electron chi connectivity index (χ2n) is 2.23. The van der Waals surface area contributed by atoms with Crippen LogP contribution in [0.1, 0.15) is 5.69 Å². The minimum atomic E-state index is -1.92. The van der Waals surface area contributed by atoms with E-state index in [2.05, 4.69) is 9.97 Å². The van der Waals surface area contributed by atoms with Crippen molar-refractivity contribution in [2.75, 3.05) is 0 Å². The maximum absolute atomic E-state index is 10.9. The second-order valence-corrected chi connectivity index (χ2v) is 2.79. The largest absolute Gasteiger partial charge is 0.367 e. The van der Waals surface area contributed by atoms with Crippen molar-refractivity contribution < 1.29 is 4.79 Å². The predicted molar refractivity (Wildman–Crippen MR) is 44.4 cm³/mol. The minimum absolute atomic E-state index is 0.0340. The van der Waals surface area contributed by atoms with E-state index in [1.54, 1.807) is 6.07 Å². The van der Waals surface area contributed by atoms with Gasteiger partial charge in [-0.05, 0) is 0 Å². The quantitative estimate of drug-likeness (QED) is 0.670. The molecule has 1 unspecified atom stereocenters. The van der Waals surface area contributed by atoms with Gasteiger partial charge in [-0.3, -0.25) is 14.8 Å². The Labute approximate surface area is 79.2 Å². The van der Waals surface area contributed by atoms with E-state index in [0.29, 0.717) is 0 Å². The van der Waals surface area contributed by atoms with Crippen molar-refractivity contribution in [3.05, 3.63) is 24.3 Å². The number of nitriles is 1. The molecule has 0 saturated heterocycles. The van der Waals surface area contributed by atoms with Gasteiger partial charge in [-0.25, -0.2) is 0 Å². The first kappa shape index (κ1) is 9.42. The van der Waals surface area contributed by atoms with Gasteiger partial charge in [0.1, 0.15) is 11.8 Å². The molecule has 0 aromatic carbocycles. The first-order valence-electron chi connectivity index (χ1n) is 3.28.